The number of aliphatic hydroxyl groups excluding tert-OH is 2. The summed E-state index contributed by atoms with van der Waals surface area (Å²) in [7, 11) is 0. The van der Waals surface area contributed by atoms with Crippen LogP contribution in [0.4, 0.5) is 0 Å². The van der Waals surface area contributed by atoms with E-state index < -0.39 is 12.1 Å². The van der Waals surface area contributed by atoms with Gasteiger partial charge in [-0.05, 0) is 57.8 Å². The number of aliphatic hydroxyl groups is 2. The number of carbonyl (C=O) groups is 2. The molecule has 0 aromatic carbocycles. The number of rotatable bonds is 52. The van der Waals surface area contributed by atoms with Gasteiger partial charge in [-0.15, -0.1) is 0 Å². The molecule has 0 aliphatic carbocycles. The minimum atomic E-state index is -0.847. The Bertz CT molecular complexity index is 982. The van der Waals surface area contributed by atoms with Crippen molar-refractivity contribution in [1.29, 1.82) is 0 Å². The van der Waals surface area contributed by atoms with E-state index in [9.17, 15) is 19.8 Å². The second kappa shape index (κ2) is 53.0. The molecular formula is C57H109NO5. The average molecular weight is 889 g/mol. The molecule has 0 bridgehead atoms. The number of unbranched alkanes of at least 4 members (excludes halogenated alkanes) is 39. The lowest BCUT2D eigenvalue weighted by Gasteiger charge is -2.20. The molecule has 0 saturated heterocycles. The number of hydrogen-bond acceptors (Lipinski definition) is 5. The number of hydrogen-bond donors (Lipinski definition) is 3. The standard InChI is InChI=1S/C57H109NO5/c1-3-5-7-9-11-13-15-29-33-37-41-45-49-55(60)54(53-59)58-56(61)50-46-42-38-34-30-27-25-23-21-19-17-18-20-22-24-26-28-32-36-40-44-48-52-63-57(62)51-47-43-39-35-31-16-14-12-10-8-6-4-2/h19,21,45,49,54-55,59-60H,3-18,20,22-44,46-48,50-53H2,1-2H3,(H,58,61)/b21-19-,49-45+. The summed E-state index contributed by atoms with van der Waals surface area (Å²) in [6, 6.07) is -0.631. The van der Waals surface area contributed by atoms with Crippen molar-refractivity contribution in [1.82, 2.24) is 5.32 Å². The molecule has 372 valence electrons. The van der Waals surface area contributed by atoms with Crippen LogP contribution in [0.15, 0.2) is 24.3 Å². The van der Waals surface area contributed by atoms with Crippen LogP contribution in [0.5, 0.6) is 0 Å². The molecule has 0 aliphatic rings. The van der Waals surface area contributed by atoms with Crippen LogP contribution in [0, 0.1) is 0 Å². The van der Waals surface area contributed by atoms with Crippen molar-refractivity contribution < 1.29 is 24.5 Å². The molecule has 2 atom stereocenters. The predicted octanol–water partition coefficient (Wildman–Crippen LogP) is 17.1. The van der Waals surface area contributed by atoms with E-state index in [-0.39, 0.29) is 18.5 Å². The molecule has 0 rings (SSSR count). The first-order chi connectivity index (χ1) is 31.0. The average Bonchev–Trinajstić information content (AvgIpc) is 3.28. The first kappa shape index (κ1) is 61.3. The van der Waals surface area contributed by atoms with Crippen LogP contribution >= 0.6 is 0 Å². The molecule has 2 unspecified atom stereocenters. The first-order valence-corrected chi connectivity index (χ1v) is 28.1. The molecule has 0 heterocycles. The molecule has 0 aromatic heterocycles. The SMILES string of the molecule is CCCCCCCCCCCC/C=C/C(O)C(CO)NC(=O)CCCCCCCCC/C=C\CCCCCCCCCCCCCOC(=O)CCCCCCCCCCCCCC. The van der Waals surface area contributed by atoms with Crippen molar-refractivity contribution in [2.75, 3.05) is 13.2 Å². The molecule has 0 spiro atoms. The molecule has 3 N–H and O–H groups in total. The number of carbonyl (C=O) groups excluding carboxylic acids is 2. The second-order valence-corrected chi connectivity index (χ2v) is 19.3. The Morgan fingerprint density at radius 2 is 0.746 bits per heavy atom. The van der Waals surface area contributed by atoms with E-state index in [4.69, 9.17) is 4.74 Å². The van der Waals surface area contributed by atoms with Gasteiger partial charge in [0, 0.05) is 12.8 Å². The highest BCUT2D eigenvalue weighted by Gasteiger charge is 2.18. The minimum absolute atomic E-state index is 0.00989. The van der Waals surface area contributed by atoms with Crippen molar-refractivity contribution >= 4 is 11.9 Å². The van der Waals surface area contributed by atoms with Gasteiger partial charge in [0.05, 0.1) is 25.4 Å². The maximum atomic E-state index is 12.4. The number of esters is 1. The Hall–Kier alpha value is -1.66. The van der Waals surface area contributed by atoms with E-state index in [0.717, 1.165) is 44.9 Å². The minimum Gasteiger partial charge on any atom is -0.466 e. The lowest BCUT2D eigenvalue weighted by molar-refractivity contribution is -0.143. The van der Waals surface area contributed by atoms with Crippen LogP contribution in [-0.4, -0.2) is 47.4 Å². The molecule has 0 radical (unpaired) electrons. The van der Waals surface area contributed by atoms with Gasteiger partial charge >= 0.3 is 5.97 Å². The van der Waals surface area contributed by atoms with Gasteiger partial charge in [-0.2, -0.15) is 0 Å². The van der Waals surface area contributed by atoms with Gasteiger partial charge in [0.25, 0.3) is 0 Å². The van der Waals surface area contributed by atoms with Crippen molar-refractivity contribution in [3.05, 3.63) is 24.3 Å². The topological polar surface area (TPSA) is 95.9 Å². The third-order valence-electron chi connectivity index (χ3n) is 13.0. The maximum absolute atomic E-state index is 12.4. The summed E-state index contributed by atoms with van der Waals surface area (Å²) in [6.45, 7) is 4.89. The molecule has 6 heteroatoms. The monoisotopic (exact) mass is 888 g/mol. The van der Waals surface area contributed by atoms with Gasteiger partial charge in [-0.1, -0.05) is 256 Å². The zero-order valence-electron chi connectivity index (χ0n) is 42.3. The Morgan fingerprint density at radius 3 is 1.13 bits per heavy atom. The quantitative estimate of drug-likeness (QED) is 0.0321. The van der Waals surface area contributed by atoms with Crippen molar-refractivity contribution in [2.45, 2.75) is 315 Å². The Morgan fingerprint density at radius 1 is 0.429 bits per heavy atom. The fraction of sp³-hybridized carbons (Fsp3) is 0.895. The number of nitrogens with one attached hydrogen (secondary N) is 1. The third-order valence-corrected chi connectivity index (χ3v) is 13.0. The van der Waals surface area contributed by atoms with E-state index in [1.165, 1.54) is 231 Å². The molecule has 1 amide bonds. The van der Waals surface area contributed by atoms with Crippen molar-refractivity contribution in [2.24, 2.45) is 0 Å². The normalized spacial score (nSPS) is 12.8. The van der Waals surface area contributed by atoms with Crippen LogP contribution in [0.3, 0.4) is 0 Å². The van der Waals surface area contributed by atoms with Crippen LogP contribution in [0.1, 0.15) is 303 Å². The van der Waals surface area contributed by atoms with Crippen LogP contribution in [-0.2, 0) is 14.3 Å². The zero-order valence-corrected chi connectivity index (χ0v) is 42.3. The fourth-order valence-corrected chi connectivity index (χ4v) is 8.63. The summed E-state index contributed by atoms with van der Waals surface area (Å²) in [6.07, 6.45) is 63.4. The fourth-order valence-electron chi connectivity index (χ4n) is 8.63. The summed E-state index contributed by atoms with van der Waals surface area (Å²) in [5, 5.41) is 23.0. The summed E-state index contributed by atoms with van der Waals surface area (Å²) in [5.74, 6) is -0.0655. The molecule has 0 aromatic rings. The van der Waals surface area contributed by atoms with E-state index >= 15 is 0 Å². The Kier molecular flexibility index (Phi) is 51.6. The largest absolute Gasteiger partial charge is 0.466 e. The zero-order chi connectivity index (χ0) is 45.8. The second-order valence-electron chi connectivity index (χ2n) is 19.3. The molecule has 0 aliphatic heterocycles. The number of allylic oxidation sites excluding steroid dienone is 3. The highest BCUT2D eigenvalue weighted by molar-refractivity contribution is 5.76. The van der Waals surface area contributed by atoms with E-state index in [1.54, 1.807) is 6.08 Å². The van der Waals surface area contributed by atoms with Crippen LogP contribution in [0.25, 0.3) is 0 Å². The van der Waals surface area contributed by atoms with Gasteiger partial charge < -0.3 is 20.3 Å². The Labute approximate surface area is 392 Å². The van der Waals surface area contributed by atoms with Gasteiger partial charge in [-0.3, -0.25) is 9.59 Å². The van der Waals surface area contributed by atoms with Gasteiger partial charge in [-0.25, -0.2) is 0 Å². The number of ether oxygens (including phenoxy) is 1. The molecule has 0 fully saturated rings. The van der Waals surface area contributed by atoms with Gasteiger partial charge in [0.2, 0.25) is 5.91 Å². The Balaban J connectivity index is 3.43. The summed E-state index contributed by atoms with van der Waals surface area (Å²) >= 11 is 0. The summed E-state index contributed by atoms with van der Waals surface area (Å²) in [4.78, 5) is 24.4. The molecule has 0 saturated carbocycles. The van der Waals surface area contributed by atoms with E-state index in [2.05, 4.69) is 31.3 Å². The predicted molar refractivity (Wildman–Crippen MR) is 273 cm³/mol. The first-order valence-electron chi connectivity index (χ1n) is 28.1. The molecule has 63 heavy (non-hydrogen) atoms. The maximum Gasteiger partial charge on any atom is 0.305 e. The molecular weight excluding hydrogens is 779 g/mol. The highest BCUT2D eigenvalue weighted by atomic mass is 16.5. The lowest BCUT2D eigenvalue weighted by atomic mass is 10.0. The number of amides is 1. The summed E-state index contributed by atoms with van der Waals surface area (Å²) in [5.41, 5.74) is 0. The smallest absolute Gasteiger partial charge is 0.305 e. The lowest BCUT2D eigenvalue weighted by Crippen LogP contribution is -2.45. The van der Waals surface area contributed by atoms with Gasteiger partial charge in [0.1, 0.15) is 0 Å². The van der Waals surface area contributed by atoms with Crippen molar-refractivity contribution in [3.8, 4) is 0 Å². The van der Waals surface area contributed by atoms with Gasteiger partial charge in [0.15, 0.2) is 0 Å². The van der Waals surface area contributed by atoms with Crippen molar-refractivity contribution in [3.63, 3.8) is 0 Å². The highest BCUT2D eigenvalue weighted by Crippen LogP contribution is 2.16. The summed E-state index contributed by atoms with van der Waals surface area (Å²) < 4.78 is 5.47. The van der Waals surface area contributed by atoms with E-state index in [0.29, 0.717) is 19.4 Å². The van der Waals surface area contributed by atoms with E-state index in [1.807, 2.05) is 6.08 Å². The third kappa shape index (κ3) is 49.6. The van der Waals surface area contributed by atoms with Crippen LogP contribution < -0.4 is 5.32 Å². The molecule has 6 nitrogen and oxygen atoms in total. The van der Waals surface area contributed by atoms with Crippen LogP contribution in [0.2, 0.25) is 0 Å².